The molecular formula is C16H36N4O. The summed E-state index contributed by atoms with van der Waals surface area (Å²) in [6.07, 6.45) is 5.20. The van der Waals surface area contributed by atoms with Gasteiger partial charge in [0.1, 0.15) is 0 Å². The largest absolute Gasteiger partial charge is 0.376 e. The summed E-state index contributed by atoms with van der Waals surface area (Å²) in [6, 6.07) is 0. The Morgan fingerprint density at radius 2 is 1.90 bits per heavy atom. The molecule has 0 radical (unpaired) electrons. The molecule has 0 spiro atoms. The van der Waals surface area contributed by atoms with Crippen LogP contribution >= 0.6 is 0 Å². The van der Waals surface area contributed by atoms with Gasteiger partial charge in [0.05, 0.1) is 11.3 Å². The highest BCUT2D eigenvalue weighted by Crippen LogP contribution is 2.13. The van der Waals surface area contributed by atoms with E-state index in [0.717, 1.165) is 31.7 Å². The lowest BCUT2D eigenvalue weighted by Gasteiger charge is -2.24. The molecule has 0 saturated heterocycles. The fourth-order valence-electron chi connectivity index (χ4n) is 1.46. The van der Waals surface area contributed by atoms with E-state index in [1.54, 1.807) is 4.68 Å². The second kappa shape index (κ2) is 14.0. The van der Waals surface area contributed by atoms with Crippen LogP contribution in [0.2, 0.25) is 0 Å². The molecule has 1 heterocycles. The van der Waals surface area contributed by atoms with Gasteiger partial charge < -0.3 is 10.5 Å². The predicted molar refractivity (Wildman–Crippen MR) is 90.4 cm³/mol. The normalized spacial score (nSPS) is 10.3. The third kappa shape index (κ3) is 13.8. The van der Waals surface area contributed by atoms with Crippen LogP contribution in [0.25, 0.3) is 0 Å². The van der Waals surface area contributed by atoms with E-state index >= 15 is 0 Å². The van der Waals surface area contributed by atoms with Crippen LogP contribution in [-0.4, -0.2) is 33.7 Å². The lowest BCUT2D eigenvalue weighted by atomic mass is 10.1. The first kappa shape index (κ1) is 22.3. The van der Waals surface area contributed by atoms with Gasteiger partial charge in [0, 0.05) is 19.3 Å². The molecule has 5 heteroatoms. The highest BCUT2D eigenvalue weighted by atomic mass is 16.5. The number of nitrogens with zero attached hydrogens (tertiary/aromatic N) is 3. The summed E-state index contributed by atoms with van der Waals surface area (Å²) in [7, 11) is 0. The zero-order valence-corrected chi connectivity index (χ0v) is 15.1. The van der Waals surface area contributed by atoms with Gasteiger partial charge in [0.2, 0.25) is 0 Å². The molecule has 0 atom stereocenters. The maximum Gasteiger partial charge on any atom is 0.0796 e. The topological polar surface area (TPSA) is 66.0 Å². The van der Waals surface area contributed by atoms with Crippen molar-refractivity contribution in [2.24, 2.45) is 5.73 Å². The Bertz CT molecular complexity index is 324. The third-order valence-corrected chi connectivity index (χ3v) is 2.71. The third-order valence-electron chi connectivity index (χ3n) is 2.71. The highest BCUT2D eigenvalue weighted by molar-refractivity contribution is 4.85. The Hall–Kier alpha value is -0.940. The van der Waals surface area contributed by atoms with Gasteiger partial charge in [-0.15, -0.1) is 5.10 Å². The molecule has 0 aliphatic rings. The zero-order valence-electron chi connectivity index (χ0n) is 15.1. The standard InChI is InChI=1S/C9H21NO.C5H9N3.C2H6/c1-4-5-8-11-9(2,3)6-7-10;1-3-8-4-5(2)6-7-8;1-2/h4-8,10H2,1-3H3;4H,3H2,1-2H3;1-2H3. The molecule has 0 amide bonds. The molecule has 0 bridgehead atoms. The van der Waals surface area contributed by atoms with Crippen molar-refractivity contribution in [3.05, 3.63) is 11.9 Å². The maximum atomic E-state index is 5.63. The van der Waals surface area contributed by atoms with E-state index in [0.29, 0.717) is 6.54 Å². The Kier molecular flexibility index (Phi) is 14.9. The Morgan fingerprint density at radius 1 is 1.29 bits per heavy atom. The molecule has 126 valence electrons. The number of hydrogen-bond acceptors (Lipinski definition) is 4. The van der Waals surface area contributed by atoms with Crippen molar-refractivity contribution in [1.82, 2.24) is 15.0 Å². The van der Waals surface area contributed by atoms with E-state index in [4.69, 9.17) is 10.5 Å². The van der Waals surface area contributed by atoms with Crippen molar-refractivity contribution in [2.75, 3.05) is 13.2 Å². The van der Waals surface area contributed by atoms with Crippen LogP contribution in [0.5, 0.6) is 0 Å². The number of aromatic nitrogens is 3. The Labute approximate surface area is 131 Å². The van der Waals surface area contributed by atoms with Crippen molar-refractivity contribution in [1.29, 1.82) is 0 Å². The van der Waals surface area contributed by atoms with E-state index in [-0.39, 0.29) is 5.60 Å². The van der Waals surface area contributed by atoms with E-state index in [1.165, 1.54) is 6.42 Å². The molecule has 0 unspecified atom stereocenters. The zero-order chi connectivity index (χ0) is 16.7. The minimum atomic E-state index is -0.0239. The summed E-state index contributed by atoms with van der Waals surface area (Å²) in [5, 5.41) is 7.60. The first-order valence-corrected chi connectivity index (χ1v) is 8.16. The molecule has 1 aromatic heterocycles. The molecule has 0 aromatic carbocycles. The van der Waals surface area contributed by atoms with Crippen LogP contribution in [0.15, 0.2) is 6.20 Å². The molecule has 2 N–H and O–H groups in total. The van der Waals surface area contributed by atoms with Gasteiger partial charge >= 0.3 is 0 Å². The minimum Gasteiger partial charge on any atom is -0.376 e. The molecule has 1 rings (SSSR count). The predicted octanol–water partition coefficient (Wildman–Crippen LogP) is 3.56. The number of nitrogens with two attached hydrogens (primary N) is 1. The van der Waals surface area contributed by atoms with Crippen LogP contribution < -0.4 is 5.73 Å². The number of rotatable bonds is 7. The van der Waals surface area contributed by atoms with Crippen molar-refractivity contribution in [3.8, 4) is 0 Å². The van der Waals surface area contributed by atoms with Gasteiger partial charge in [-0.05, 0) is 47.1 Å². The van der Waals surface area contributed by atoms with Crippen LogP contribution in [0, 0.1) is 6.92 Å². The smallest absolute Gasteiger partial charge is 0.0796 e. The lowest BCUT2D eigenvalue weighted by Crippen LogP contribution is -2.28. The summed E-state index contributed by atoms with van der Waals surface area (Å²) in [5.41, 5.74) is 6.39. The first-order valence-electron chi connectivity index (χ1n) is 8.16. The highest BCUT2D eigenvalue weighted by Gasteiger charge is 2.15. The Morgan fingerprint density at radius 3 is 2.24 bits per heavy atom. The molecule has 1 aromatic rings. The SMILES string of the molecule is CC.CCCCOC(C)(C)CCN.CCn1cc(C)nn1. The molecule has 0 aliphatic heterocycles. The van der Waals surface area contributed by atoms with Gasteiger partial charge in [-0.1, -0.05) is 32.4 Å². The quantitative estimate of drug-likeness (QED) is 0.782. The summed E-state index contributed by atoms with van der Waals surface area (Å²) in [6.45, 7) is 16.8. The summed E-state index contributed by atoms with van der Waals surface area (Å²) in [4.78, 5) is 0. The van der Waals surface area contributed by atoms with Crippen LogP contribution in [0.3, 0.4) is 0 Å². The average Bonchev–Trinajstić information content (AvgIpc) is 2.88. The van der Waals surface area contributed by atoms with E-state index < -0.39 is 0 Å². The average molecular weight is 300 g/mol. The van der Waals surface area contributed by atoms with Crippen molar-refractivity contribution < 1.29 is 4.74 Å². The molecule has 21 heavy (non-hydrogen) atoms. The number of hydrogen-bond donors (Lipinski definition) is 1. The first-order chi connectivity index (χ1) is 9.95. The van der Waals surface area contributed by atoms with E-state index in [1.807, 2.05) is 33.9 Å². The lowest BCUT2D eigenvalue weighted by molar-refractivity contribution is -0.0227. The van der Waals surface area contributed by atoms with Crippen LogP contribution in [0.4, 0.5) is 0 Å². The number of aryl methyl sites for hydroxylation is 2. The summed E-state index contributed by atoms with van der Waals surface area (Å²) in [5.74, 6) is 0. The maximum absolute atomic E-state index is 5.63. The molecular weight excluding hydrogens is 264 g/mol. The van der Waals surface area contributed by atoms with Crippen molar-refractivity contribution in [2.45, 2.75) is 79.9 Å². The minimum absolute atomic E-state index is 0.0239. The molecule has 0 fully saturated rings. The number of ether oxygens (including phenoxy) is 1. The van der Waals surface area contributed by atoms with E-state index in [2.05, 4.69) is 31.1 Å². The van der Waals surface area contributed by atoms with Crippen LogP contribution in [0.1, 0.15) is 66.5 Å². The second-order valence-electron chi connectivity index (χ2n) is 5.22. The molecule has 5 nitrogen and oxygen atoms in total. The van der Waals surface area contributed by atoms with Gasteiger partial charge in [0.15, 0.2) is 0 Å². The van der Waals surface area contributed by atoms with Gasteiger partial charge in [-0.2, -0.15) is 0 Å². The Balaban J connectivity index is 0. The second-order valence-corrected chi connectivity index (χ2v) is 5.22. The fraction of sp³-hybridized carbons (Fsp3) is 0.875. The van der Waals surface area contributed by atoms with Gasteiger partial charge in [-0.25, -0.2) is 0 Å². The van der Waals surface area contributed by atoms with Crippen molar-refractivity contribution in [3.63, 3.8) is 0 Å². The van der Waals surface area contributed by atoms with Gasteiger partial charge in [-0.3, -0.25) is 4.68 Å². The molecule has 0 saturated carbocycles. The van der Waals surface area contributed by atoms with Crippen molar-refractivity contribution >= 4 is 0 Å². The fourth-order valence-corrected chi connectivity index (χ4v) is 1.46. The van der Waals surface area contributed by atoms with Gasteiger partial charge in [0.25, 0.3) is 0 Å². The number of unbranched alkanes of at least 4 members (excludes halogenated alkanes) is 1. The molecule has 0 aliphatic carbocycles. The summed E-state index contributed by atoms with van der Waals surface area (Å²) >= 11 is 0. The van der Waals surface area contributed by atoms with Crippen LogP contribution in [-0.2, 0) is 11.3 Å². The monoisotopic (exact) mass is 300 g/mol. The van der Waals surface area contributed by atoms with E-state index in [9.17, 15) is 0 Å². The summed E-state index contributed by atoms with van der Waals surface area (Å²) < 4.78 is 7.43.